The van der Waals surface area contributed by atoms with Crippen LogP contribution in [0.1, 0.15) is 5.56 Å². The van der Waals surface area contributed by atoms with Crippen LogP contribution in [0.4, 0.5) is 0 Å². The van der Waals surface area contributed by atoms with E-state index in [2.05, 4.69) is 17.3 Å². The quantitative estimate of drug-likeness (QED) is 0.866. The normalized spacial score (nSPS) is 19.6. The predicted octanol–water partition coefficient (Wildman–Crippen LogP) is 0.821. The molecule has 110 valence electrons. The van der Waals surface area contributed by atoms with Crippen molar-refractivity contribution in [3.63, 3.8) is 0 Å². The van der Waals surface area contributed by atoms with Crippen LogP contribution in [-0.4, -0.2) is 56.8 Å². The molecule has 1 amide bonds. The van der Waals surface area contributed by atoms with Crippen molar-refractivity contribution in [2.24, 2.45) is 0 Å². The molecule has 1 N–H and O–H groups in total. The van der Waals surface area contributed by atoms with Crippen molar-refractivity contribution in [1.29, 1.82) is 0 Å². The maximum Gasteiger partial charge on any atom is 0.258 e. The summed E-state index contributed by atoms with van der Waals surface area (Å²) in [6.07, 6.45) is 0.0659. The van der Waals surface area contributed by atoms with Crippen LogP contribution >= 0.6 is 0 Å². The third-order valence-corrected chi connectivity index (χ3v) is 3.32. The Morgan fingerprint density at radius 3 is 3.05 bits per heavy atom. The molecule has 20 heavy (non-hydrogen) atoms. The predicted molar refractivity (Wildman–Crippen MR) is 76.9 cm³/mol. The standard InChI is InChI=1S/C15H22N2O3/c1-12-5-3-4-6-14(12)20-11-15(18)16-9-13-10-17(2)7-8-19-13/h3-6,13H,7-11H2,1-2H3,(H,16,18). The number of aryl methyl sites for hydroxylation is 1. The summed E-state index contributed by atoms with van der Waals surface area (Å²) in [4.78, 5) is 13.9. The number of likely N-dealkylation sites (N-methyl/N-ethyl adjacent to an activating group) is 1. The van der Waals surface area contributed by atoms with Gasteiger partial charge in [-0.05, 0) is 25.6 Å². The van der Waals surface area contributed by atoms with Crippen molar-refractivity contribution < 1.29 is 14.3 Å². The maximum absolute atomic E-state index is 11.7. The highest BCUT2D eigenvalue weighted by atomic mass is 16.5. The van der Waals surface area contributed by atoms with Crippen molar-refractivity contribution in [3.8, 4) is 5.75 Å². The number of ether oxygens (including phenoxy) is 2. The van der Waals surface area contributed by atoms with Gasteiger partial charge in [-0.1, -0.05) is 18.2 Å². The van der Waals surface area contributed by atoms with Crippen molar-refractivity contribution in [2.45, 2.75) is 13.0 Å². The molecule has 0 bridgehead atoms. The summed E-state index contributed by atoms with van der Waals surface area (Å²) in [7, 11) is 2.05. The first-order valence-corrected chi connectivity index (χ1v) is 6.90. The lowest BCUT2D eigenvalue weighted by Crippen LogP contribution is -2.46. The number of para-hydroxylation sites is 1. The molecule has 0 saturated carbocycles. The molecule has 5 nitrogen and oxygen atoms in total. The number of hydrogen-bond acceptors (Lipinski definition) is 4. The van der Waals surface area contributed by atoms with Gasteiger partial charge in [0.05, 0.1) is 12.7 Å². The second-order valence-electron chi connectivity index (χ2n) is 5.11. The highest BCUT2D eigenvalue weighted by Crippen LogP contribution is 2.15. The minimum Gasteiger partial charge on any atom is -0.484 e. The number of morpholine rings is 1. The fourth-order valence-electron chi connectivity index (χ4n) is 2.13. The zero-order chi connectivity index (χ0) is 14.4. The summed E-state index contributed by atoms with van der Waals surface area (Å²) in [5, 5.41) is 2.85. The number of hydrogen-bond donors (Lipinski definition) is 1. The molecule has 1 fully saturated rings. The van der Waals surface area contributed by atoms with Crippen molar-refractivity contribution in [2.75, 3.05) is 39.9 Å². The summed E-state index contributed by atoms with van der Waals surface area (Å²) in [6, 6.07) is 7.66. The number of nitrogens with one attached hydrogen (secondary N) is 1. The number of nitrogens with zero attached hydrogens (tertiary/aromatic N) is 1. The van der Waals surface area contributed by atoms with Crippen LogP contribution in [0.15, 0.2) is 24.3 Å². The van der Waals surface area contributed by atoms with E-state index in [1.54, 1.807) is 0 Å². The van der Waals surface area contributed by atoms with Crippen molar-refractivity contribution in [1.82, 2.24) is 10.2 Å². The molecule has 5 heteroatoms. The van der Waals surface area contributed by atoms with Gasteiger partial charge in [-0.25, -0.2) is 0 Å². The molecule has 1 unspecified atom stereocenters. The van der Waals surface area contributed by atoms with E-state index in [0.29, 0.717) is 6.54 Å². The monoisotopic (exact) mass is 278 g/mol. The largest absolute Gasteiger partial charge is 0.484 e. The minimum absolute atomic E-state index is 0.0351. The lowest BCUT2D eigenvalue weighted by molar-refractivity contribution is -0.124. The van der Waals surface area contributed by atoms with Gasteiger partial charge in [0.15, 0.2) is 6.61 Å². The molecule has 0 radical (unpaired) electrons. The first-order chi connectivity index (χ1) is 9.65. The Morgan fingerprint density at radius 2 is 2.30 bits per heavy atom. The molecule has 1 heterocycles. The maximum atomic E-state index is 11.7. The molecule has 0 aliphatic carbocycles. The zero-order valence-electron chi connectivity index (χ0n) is 12.1. The van der Waals surface area contributed by atoms with Crippen molar-refractivity contribution >= 4 is 5.91 Å². The van der Waals surface area contributed by atoms with Gasteiger partial charge in [-0.15, -0.1) is 0 Å². The summed E-state index contributed by atoms with van der Waals surface area (Å²) < 4.78 is 11.1. The van der Waals surface area contributed by atoms with Crippen LogP contribution in [0.25, 0.3) is 0 Å². The fraction of sp³-hybridized carbons (Fsp3) is 0.533. The van der Waals surface area contributed by atoms with Crippen LogP contribution in [0, 0.1) is 6.92 Å². The molecular formula is C15H22N2O3. The van der Waals surface area contributed by atoms with E-state index >= 15 is 0 Å². The molecular weight excluding hydrogens is 256 g/mol. The molecule has 2 rings (SSSR count). The minimum atomic E-state index is -0.120. The topological polar surface area (TPSA) is 50.8 Å². The number of amides is 1. The molecule has 0 aromatic heterocycles. The summed E-state index contributed by atoms with van der Waals surface area (Å²) in [5.74, 6) is 0.626. The van der Waals surface area contributed by atoms with E-state index in [4.69, 9.17) is 9.47 Å². The smallest absolute Gasteiger partial charge is 0.258 e. The Labute approximate surface area is 119 Å². The van der Waals surface area contributed by atoms with Gasteiger partial charge in [0.25, 0.3) is 5.91 Å². The number of carbonyl (C=O) groups excluding carboxylic acids is 1. The lowest BCUT2D eigenvalue weighted by Gasteiger charge is -2.30. The summed E-state index contributed by atoms with van der Waals surface area (Å²) in [5.41, 5.74) is 1.03. The Kier molecular flexibility index (Phi) is 5.38. The van der Waals surface area contributed by atoms with E-state index in [9.17, 15) is 4.79 Å². The number of rotatable bonds is 5. The molecule has 1 aromatic rings. The second kappa shape index (κ2) is 7.26. The Hall–Kier alpha value is -1.59. The summed E-state index contributed by atoms with van der Waals surface area (Å²) in [6.45, 7) is 5.03. The van der Waals surface area contributed by atoms with Crippen LogP contribution in [0.5, 0.6) is 5.75 Å². The Bertz CT molecular complexity index is 450. The van der Waals surface area contributed by atoms with E-state index in [-0.39, 0.29) is 18.6 Å². The molecule has 1 aromatic carbocycles. The average molecular weight is 278 g/mol. The Morgan fingerprint density at radius 1 is 1.50 bits per heavy atom. The van der Waals surface area contributed by atoms with Gasteiger partial charge >= 0.3 is 0 Å². The van der Waals surface area contributed by atoms with E-state index in [1.165, 1.54) is 0 Å². The molecule has 1 saturated heterocycles. The first kappa shape index (κ1) is 14.8. The van der Waals surface area contributed by atoms with Crippen LogP contribution in [0.3, 0.4) is 0 Å². The van der Waals surface area contributed by atoms with Crippen LogP contribution in [0.2, 0.25) is 0 Å². The third-order valence-electron chi connectivity index (χ3n) is 3.32. The average Bonchev–Trinajstić information content (AvgIpc) is 2.44. The molecule has 1 aliphatic rings. The lowest BCUT2D eigenvalue weighted by atomic mass is 10.2. The number of carbonyl (C=O) groups is 1. The molecule has 0 spiro atoms. The van der Waals surface area contributed by atoms with Gasteiger partial charge in [0, 0.05) is 19.6 Å². The van der Waals surface area contributed by atoms with Gasteiger partial charge in [0.1, 0.15) is 5.75 Å². The van der Waals surface area contributed by atoms with Crippen LogP contribution in [-0.2, 0) is 9.53 Å². The summed E-state index contributed by atoms with van der Waals surface area (Å²) >= 11 is 0. The first-order valence-electron chi connectivity index (χ1n) is 6.90. The molecule has 1 aliphatic heterocycles. The van der Waals surface area contributed by atoms with E-state index < -0.39 is 0 Å². The molecule has 1 atom stereocenters. The van der Waals surface area contributed by atoms with Gasteiger partial charge in [-0.3, -0.25) is 4.79 Å². The van der Waals surface area contributed by atoms with Gasteiger partial charge in [0.2, 0.25) is 0 Å². The van der Waals surface area contributed by atoms with Gasteiger partial charge in [-0.2, -0.15) is 0 Å². The SMILES string of the molecule is Cc1ccccc1OCC(=O)NCC1CN(C)CCO1. The van der Waals surface area contributed by atoms with E-state index in [1.807, 2.05) is 31.2 Å². The highest BCUT2D eigenvalue weighted by molar-refractivity contribution is 5.77. The fourth-order valence-corrected chi connectivity index (χ4v) is 2.13. The zero-order valence-corrected chi connectivity index (χ0v) is 12.1. The van der Waals surface area contributed by atoms with Gasteiger partial charge < -0.3 is 19.7 Å². The third kappa shape index (κ3) is 4.51. The number of benzene rings is 1. The van der Waals surface area contributed by atoms with Crippen LogP contribution < -0.4 is 10.1 Å². The Balaban J connectivity index is 1.69. The van der Waals surface area contributed by atoms with E-state index in [0.717, 1.165) is 31.0 Å². The second-order valence-corrected chi connectivity index (χ2v) is 5.11. The van der Waals surface area contributed by atoms with Crippen molar-refractivity contribution in [3.05, 3.63) is 29.8 Å². The highest BCUT2D eigenvalue weighted by Gasteiger charge is 2.18.